The Labute approximate surface area is 107 Å². The zero-order valence-electron chi connectivity index (χ0n) is 10.7. The Kier molecular flexibility index (Phi) is 3.53. The van der Waals surface area contributed by atoms with Gasteiger partial charge in [-0.25, -0.2) is 4.68 Å². The third kappa shape index (κ3) is 2.25. The van der Waals surface area contributed by atoms with Gasteiger partial charge < -0.3 is 5.73 Å². The lowest BCUT2D eigenvalue weighted by Gasteiger charge is -2.46. The van der Waals surface area contributed by atoms with E-state index in [-0.39, 0.29) is 0 Å². The first-order valence-electron chi connectivity index (χ1n) is 6.81. The summed E-state index contributed by atoms with van der Waals surface area (Å²) in [5.41, 5.74) is 5.52. The minimum absolute atomic E-state index is 0.375. The second-order valence-electron chi connectivity index (χ2n) is 5.11. The molecule has 0 radical (unpaired) electrons. The van der Waals surface area contributed by atoms with Crippen LogP contribution in [0.1, 0.15) is 24.7 Å². The van der Waals surface area contributed by atoms with Crippen molar-refractivity contribution in [2.45, 2.75) is 25.4 Å². The van der Waals surface area contributed by atoms with Crippen LogP contribution in [0.3, 0.4) is 0 Å². The molecule has 0 aliphatic carbocycles. The maximum Gasteiger partial charge on any atom is 0.169 e. The maximum atomic E-state index is 5.52. The van der Waals surface area contributed by atoms with Gasteiger partial charge in [-0.15, -0.1) is 5.10 Å². The van der Waals surface area contributed by atoms with E-state index in [0.29, 0.717) is 6.04 Å². The normalized spacial score (nSPS) is 30.8. The van der Waals surface area contributed by atoms with Gasteiger partial charge in [0.05, 0.1) is 6.04 Å². The summed E-state index contributed by atoms with van der Waals surface area (Å²) in [6.07, 6.45) is 2.07. The molecule has 0 amide bonds. The fourth-order valence-electron chi connectivity index (χ4n) is 2.88. The van der Waals surface area contributed by atoms with E-state index in [1.165, 1.54) is 13.1 Å². The molecule has 7 nitrogen and oxygen atoms in total. The highest BCUT2D eigenvalue weighted by Gasteiger charge is 2.35. The van der Waals surface area contributed by atoms with Crippen molar-refractivity contribution in [1.29, 1.82) is 0 Å². The van der Waals surface area contributed by atoms with Crippen LogP contribution in [0.4, 0.5) is 0 Å². The first kappa shape index (κ1) is 12.0. The van der Waals surface area contributed by atoms with Gasteiger partial charge in [0.1, 0.15) is 0 Å². The molecule has 3 aliphatic heterocycles. The molecule has 1 unspecified atom stereocenters. The van der Waals surface area contributed by atoms with Gasteiger partial charge in [0.2, 0.25) is 0 Å². The van der Waals surface area contributed by atoms with Gasteiger partial charge >= 0.3 is 0 Å². The Morgan fingerprint density at radius 2 is 2.00 bits per heavy atom. The number of fused-ring (bicyclic) bond motifs is 3. The Bertz CT molecular complexity index is 382. The van der Waals surface area contributed by atoms with E-state index in [1.54, 1.807) is 0 Å². The highest BCUT2D eigenvalue weighted by Crippen LogP contribution is 2.26. The summed E-state index contributed by atoms with van der Waals surface area (Å²) in [7, 11) is 0. The number of piperazine rings is 3. The van der Waals surface area contributed by atoms with Crippen molar-refractivity contribution in [1.82, 2.24) is 30.0 Å². The summed E-state index contributed by atoms with van der Waals surface area (Å²) in [5, 5.41) is 12.2. The van der Waals surface area contributed by atoms with Crippen LogP contribution < -0.4 is 5.73 Å². The van der Waals surface area contributed by atoms with Gasteiger partial charge in [-0.2, -0.15) is 0 Å². The van der Waals surface area contributed by atoms with Crippen LogP contribution in [0.5, 0.6) is 0 Å². The molecule has 0 aromatic carbocycles. The molecule has 2 bridgehead atoms. The fraction of sp³-hybridized carbons (Fsp3) is 0.909. The van der Waals surface area contributed by atoms with Crippen molar-refractivity contribution < 1.29 is 0 Å². The van der Waals surface area contributed by atoms with Crippen molar-refractivity contribution in [3.63, 3.8) is 0 Å². The topological polar surface area (TPSA) is 76.1 Å². The van der Waals surface area contributed by atoms with Crippen LogP contribution >= 0.6 is 0 Å². The number of hydrogen-bond acceptors (Lipinski definition) is 6. The number of nitrogens with two attached hydrogens (primary N) is 1. The molecule has 1 aromatic heterocycles. The second kappa shape index (κ2) is 5.29. The molecule has 2 N–H and O–H groups in total. The molecule has 0 saturated carbocycles. The lowest BCUT2D eigenvalue weighted by atomic mass is 10.1. The number of nitrogens with zero attached hydrogens (tertiary/aromatic N) is 6. The average Bonchev–Trinajstić information content (AvgIpc) is 2.89. The van der Waals surface area contributed by atoms with E-state index >= 15 is 0 Å². The molecule has 1 atom stereocenters. The Hall–Kier alpha value is -1.05. The molecule has 4 heterocycles. The van der Waals surface area contributed by atoms with Crippen molar-refractivity contribution in [3.8, 4) is 0 Å². The highest BCUT2D eigenvalue weighted by molar-refractivity contribution is 5.00. The van der Waals surface area contributed by atoms with E-state index in [4.69, 9.17) is 5.73 Å². The van der Waals surface area contributed by atoms with Crippen LogP contribution in [-0.2, 0) is 6.54 Å². The minimum atomic E-state index is 0.375. The van der Waals surface area contributed by atoms with Gasteiger partial charge in [0, 0.05) is 39.3 Å². The van der Waals surface area contributed by atoms with Crippen molar-refractivity contribution in [2.75, 3.05) is 39.3 Å². The quantitative estimate of drug-likeness (QED) is 0.682. The van der Waals surface area contributed by atoms with Crippen LogP contribution in [-0.4, -0.2) is 69.3 Å². The Morgan fingerprint density at radius 3 is 2.67 bits per heavy atom. The molecule has 7 heteroatoms. The average molecular weight is 251 g/mol. The SMILES string of the molecule is NCCCCn1nnnc1C1CN2CCN1CC2. The summed E-state index contributed by atoms with van der Waals surface area (Å²) in [5.74, 6) is 1.02. The lowest BCUT2D eigenvalue weighted by Crippen LogP contribution is -2.57. The molecule has 3 saturated heterocycles. The van der Waals surface area contributed by atoms with E-state index in [9.17, 15) is 0 Å². The molecular weight excluding hydrogens is 230 g/mol. The number of tetrazole rings is 1. The Morgan fingerprint density at radius 1 is 1.17 bits per heavy atom. The van der Waals surface area contributed by atoms with Crippen LogP contribution in [0.15, 0.2) is 0 Å². The van der Waals surface area contributed by atoms with Crippen LogP contribution in [0.25, 0.3) is 0 Å². The fourth-order valence-corrected chi connectivity index (χ4v) is 2.88. The van der Waals surface area contributed by atoms with E-state index in [0.717, 1.165) is 51.4 Å². The lowest BCUT2D eigenvalue weighted by molar-refractivity contribution is 0.00665. The molecule has 100 valence electrons. The summed E-state index contributed by atoms with van der Waals surface area (Å²) >= 11 is 0. The third-order valence-electron chi connectivity index (χ3n) is 3.96. The summed E-state index contributed by atoms with van der Waals surface area (Å²) in [4.78, 5) is 5.01. The van der Waals surface area contributed by atoms with E-state index < -0.39 is 0 Å². The van der Waals surface area contributed by atoms with E-state index in [2.05, 4.69) is 25.3 Å². The van der Waals surface area contributed by atoms with Crippen molar-refractivity contribution in [3.05, 3.63) is 5.82 Å². The van der Waals surface area contributed by atoms with Gasteiger partial charge in [0.15, 0.2) is 5.82 Å². The second-order valence-corrected chi connectivity index (χ2v) is 5.11. The van der Waals surface area contributed by atoms with Gasteiger partial charge in [-0.3, -0.25) is 9.80 Å². The molecular formula is C11H21N7. The van der Waals surface area contributed by atoms with Crippen LogP contribution in [0, 0.1) is 0 Å². The van der Waals surface area contributed by atoms with Crippen molar-refractivity contribution in [2.24, 2.45) is 5.73 Å². The van der Waals surface area contributed by atoms with Crippen molar-refractivity contribution >= 4 is 0 Å². The Balaban J connectivity index is 1.70. The summed E-state index contributed by atoms with van der Waals surface area (Å²) in [6.45, 7) is 7.33. The standard InChI is InChI=1S/C11H21N7/c12-3-1-2-4-18-11(13-14-15-18)10-9-16-5-7-17(10)8-6-16/h10H,1-9,12H2. The zero-order valence-corrected chi connectivity index (χ0v) is 10.7. The molecule has 18 heavy (non-hydrogen) atoms. The molecule has 1 aromatic rings. The molecule has 3 fully saturated rings. The predicted molar refractivity (Wildman–Crippen MR) is 66.9 cm³/mol. The molecule has 0 spiro atoms. The minimum Gasteiger partial charge on any atom is -0.330 e. The van der Waals surface area contributed by atoms with Crippen LogP contribution in [0.2, 0.25) is 0 Å². The molecule has 4 rings (SSSR count). The maximum absolute atomic E-state index is 5.52. The van der Waals surface area contributed by atoms with E-state index in [1.807, 2.05) is 4.68 Å². The molecule has 3 aliphatic rings. The summed E-state index contributed by atoms with van der Waals surface area (Å²) < 4.78 is 1.96. The number of hydrogen-bond donors (Lipinski definition) is 1. The first-order chi connectivity index (χ1) is 8.88. The zero-order chi connectivity index (χ0) is 12.4. The smallest absolute Gasteiger partial charge is 0.169 e. The predicted octanol–water partition coefficient (Wildman–Crippen LogP) is -0.916. The summed E-state index contributed by atoms with van der Waals surface area (Å²) in [6, 6.07) is 0.375. The number of rotatable bonds is 5. The van der Waals surface area contributed by atoms with Gasteiger partial charge in [0.25, 0.3) is 0 Å². The monoisotopic (exact) mass is 251 g/mol. The number of aryl methyl sites for hydroxylation is 1. The van der Waals surface area contributed by atoms with Gasteiger partial charge in [-0.05, 0) is 29.8 Å². The third-order valence-corrected chi connectivity index (χ3v) is 3.96. The number of unbranched alkanes of at least 4 members (excludes halogenated alkanes) is 1. The largest absolute Gasteiger partial charge is 0.330 e. The highest BCUT2D eigenvalue weighted by atomic mass is 15.6. The number of aromatic nitrogens is 4. The first-order valence-corrected chi connectivity index (χ1v) is 6.81. The van der Waals surface area contributed by atoms with Gasteiger partial charge in [-0.1, -0.05) is 0 Å².